The zero-order valence-corrected chi connectivity index (χ0v) is 10.6. The Labute approximate surface area is 104 Å². The van der Waals surface area contributed by atoms with Gasteiger partial charge in [0, 0.05) is 5.54 Å². The lowest BCUT2D eigenvalue weighted by Crippen LogP contribution is -2.42. The summed E-state index contributed by atoms with van der Waals surface area (Å²) >= 11 is 5.78. The van der Waals surface area contributed by atoms with Crippen LogP contribution in [0.1, 0.15) is 31.7 Å². The number of rotatable bonds is 2. The van der Waals surface area contributed by atoms with Crippen LogP contribution in [0.3, 0.4) is 0 Å². The molecule has 0 spiro atoms. The van der Waals surface area contributed by atoms with Gasteiger partial charge >= 0.3 is 0 Å². The molecule has 1 atom stereocenters. The molecule has 0 saturated heterocycles. The summed E-state index contributed by atoms with van der Waals surface area (Å²) in [7, 11) is 0. The molecule has 5 heteroatoms. The second-order valence-corrected chi connectivity index (χ2v) is 5.17. The molecule has 2 nitrogen and oxygen atoms in total. The second kappa shape index (κ2) is 5.00. The van der Waals surface area contributed by atoms with Gasteiger partial charge in [-0.1, -0.05) is 6.07 Å². The number of carbonyl (C=O) groups is 1. The van der Waals surface area contributed by atoms with Crippen LogP contribution < -0.4 is 5.32 Å². The van der Waals surface area contributed by atoms with Crippen LogP contribution in [-0.4, -0.2) is 11.4 Å². The highest BCUT2D eigenvalue weighted by Crippen LogP contribution is 2.26. The SMILES string of the molecule is CC(C)(C)NC(=O)C(Cl)c1c(F)cccc1F. The minimum absolute atomic E-state index is 0.420. The van der Waals surface area contributed by atoms with E-state index in [9.17, 15) is 13.6 Å². The Bertz CT molecular complexity index is 409. The molecule has 0 fully saturated rings. The van der Waals surface area contributed by atoms with E-state index in [0.29, 0.717) is 0 Å². The van der Waals surface area contributed by atoms with E-state index in [1.807, 2.05) is 0 Å². The predicted molar refractivity (Wildman–Crippen MR) is 62.8 cm³/mol. The number of carbonyl (C=O) groups excluding carboxylic acids is 1. The van der Waals surface area contributed by atoms with Gasteiger partial charge in [0.25, 0.3) is 0 Å². The van der Waals surface area contributed by atoms with Crippen LogP contribution in [0.15, 0.2) is 18.2 Å². The number of halogens is 3. The first-order chi connectivity index (χ1) is 7.72. The molecule has 94 valence electrons. The highest BCUT2D eigenvalue weighted by atomic mass is 35.5. The number of benzene rings is 1. The lowest BCUT2D eigenvalue weighted by atomic mass is 10.1. The van der Waals surface area contributed by atoms with Crippen LogP contribution >= 0.6 is 11.6 Å². The highest BCUT2D eigenvalue weighted by Gasteiger charge is 2.27. The van der Waals surface area contributed by atoms with Gasteiger partial charge in [0.1, 0.15) is 17.0 Å². The standard InChI is InChI=1S/C12H14ClF2NO/c1-12(2,3)16-11(17)10(13)9-7(14)5-4-6-8(9)15/h4-6,10H,1-3H3,(H,16,17). The van der Waals surface area contributed by atoms with Gasteiger partial charge in [-0.25, -0.2) is 8.78 Å². The van der Waals surface area contributed by atoms with Gasteiger partial charge < -0.3 is 5.32 Å². The molecule has 1 rings (SSSR count). The molecule has 0 bridgehead atoms. The summed E-state index contributed by atoms with van der Waals surface area (Å²) in [6, 6.07) is 3.36. The predicted octanol–water partition coefficient (Wildman–Crippen LogP) is 3.16. The van der Waals surface area contributed by atoms with Crippen molar-refractivity contribution in [3.8, 4) is 0 Å². The second-order valence-electron chi connectivity index (χ2n) is 4.74. The monoisotopic (exact) mass is 261 g/mol. The molecule has 0 aliphatic rings. The zero-order valence-electron chi connectivity index (χ0n) is 9.85. The van der Waals surface area contributed by atoms with Crippen molar-refractivity contribution in [3.05, 3.63) is 35.4 Å². The quantitative estimate of drug-likeness (QED) is 0.814. The minimum Gasteiger partial charge on any atom is -0.350 e. The average Bonchev–Trinajstić information content (AvgIpc) is 2.14. The van der Waals surface area contributed by atoms with E-state index in [1.165, 1.54) is 6.07 Å². The Balaban J connectivity index is 2.97. The van der Waals surface area contributed by atoms with Gasteiger partial charge in [0.2, 0.25) is 5.91 Å². The van der Waals surface area contributed by atoms with Gasteiger partial charge in [-0.15, -0.1) is 11.6 Å². The Morgan fingerprint density at radius 1 is 1.29 bits per heavy atom. The molecule has 17 heavy (non-hydrogen) atoms. The molecular weight excluding hydrogens is 248 g/mol. The van der Waals surface area contributed by atoms with E-state index in [4.69, 9.17) is 11.6 Å². The van der Waals surface area contributed by atoms with E-state index >= 15 is 0 Å². The van der Waals surface area contributed by atoms with E-state index in [-0.39, 0.29) is 0 Å². The van der Waals surface area contributed by atoms with Gasteiger partial charge in [-0.3, -0.25) is 4.79 Å². The van der Waals surface area contributed by atoms with Crippen LogP contribution in [0.25, 0.3) is 0 Å². The number of hydrogen-bond acceptors (Lipinski definition) is 1. The lowest BCUT2D eigenvalue weighted by Gasteiger charge is -2.22. The van der Waals surface area contributed by atoms with Crippen molar-refractivity contribution in [2.24, 2.45) is 0 Å². The molecule has 1 aromatic carbocycles. The molecule has 0 aliphatic carbocycles. The zero-order chi connectivity index (χ0) is 13.2. The number of nitrogens with one attached hydrogen (secondary N) is 1. The molecule has 0 radical (unpaired) electrons. The van der Waals surface area contributed by atoms with Crippen molar-refractivity contribution < 1.29 is 13.6 Å². The first kappa shape index (κ1) is 13.9. The molecule has 1 N–H and O–H groups in total. The summed E-state index contributed by atoms with van der Waals surface area (Å²) in [6.07, 6.45) is 0. The largest absolute Gasteiger partial charge is 0.350 e. The van der Waals surface area contributed by atoms with Gasteiger partial charge in [0.05, 0.1) is 5.56 Å². The summed E-state index contributed by atoms with van der Waals surface area (Å²) < 4.78 is 26.8. The smallest absolute Gasteiger partial charge is 0.243 e. The summed E-state index contributed by atoms with van der Waals surface area (Å²) in [5, 5.41) is 1.19. The van der Waals surface area contributed by atoms with Crippen molar-refractivity contribution in [2.75, 3.05) is 0 Å². The van der Waals surface area contributed by atoms with Crippen LogP contribution in [0.2, 0.25) is 0 Å². The van der Waals surface area contributed by atoms with E-state index < -0.39 is 34.0 Å². The molecule has 1 aromatic rings. The van der Waals surface area contributed by atoms with Crippen molar-refractivity contribution in [1.29, 1.82) is 0 Å². The number of alkyl halides is 1. The van der Waals surface area contributed by atoms with Crippen LogP contribution in [0.5, 0.6) is 0 Å². The van der Waals surface area contributed by atoms with Crippen molar-refractivity contribution in [1.82, 2.24) is 5.32 Å². The summed E-state index contributed by atoms with van der Waals surface area (Å²) in [6.45, 7) is 5.27. The summed E-state index contributed by atoms with van der Waals surface area (Å²) in [5.41, 5.74) is -0.928. The average molecular weight is 262 g/mol. The first-order valence-electron chi connectivity index (χ1n) is 5.12. The third-order valence-electron chi connectivity index (χ3n) is 1.98. The molecule has 0 heterocycles. The van der Waals surface area contributed by atoms with Crippen molar-refractivity contribution >= 4 is 17.5 Å². The summed E-state index contributed by atoms with van der Waals surface area (Å²) in [5.74, 6) is -2.27. The van der Waals surface area contributed by atoms with Crippen LogP contribution in [-0.2, 0) is 4.79 Å². The third-order valence-corrected chi connectivity index (χ3v) is 2.40. The van der Waals surface area contributed by atoms with E-state index in [0.717, 1.165) is 12.1 Å². The molecular formula is C12H14ClF2NO. The fraction of sp³-hybridized carbons (Fsp3) is 0.417. The normalized spacial score (nSPS) is 13.3. The molecule has 0 aliphatic heterocycles. The molecule has 0 aromatic heterocycles. The Hall–Kier alpha value is -1.16. The van der Waals surface area contributed by atoms with Crippen LogP contribution in [0, 0.1) is 11.6 Å². The summed E-state index contributed by atoms with van der Waals surface area (Å²) in [4.78, 5) is 11.7. The Kier molecular flexibility index (Phi) is 4.09. The topological polar surface area (TPSA) is 29.1 Å². The first-order valence-corrected chi connectivity index (χ1v) is 5.56. The maximum absolute atomic E-state index is 13.4. The van der Waals surface area contributed by atoms with Crippen molar-refractivity contribution in [2.45, 2.75) is 31.7 Å². The van der Waals surface area contributed by atoms with E-state index in [2.05, 4.69) is 5.32 Å². The minimum atomic E-state index is -1.38. The van der Waals surface area contributed by atoms with Gasteiger partial charge in [-0.2, -0.15) is 0 Å². The van der Waals surface area contributed by atoms with Gasteiger partial charge in [0.15, 0.2) is 0 Å². The number of amides is 1. The Morgan fingerprint density at radius 2 is 1.76 bits per heavy atom. The van der Waals surface area contributed by atoms with Crippen LogP contribution in [0.4, 0.5) is 8.78 Å². The molecule has 0 saturated carbocycles. The van der Waals surface area contributed by atoms with Crippen molar-refractivity contribution in [3.63, 3.8) is 0 Å². The Morgan fingerprint density at radius 3 is 2.18 bits per heavy atom. The maximum Gasteiger partial charge on any atom is 0.243 e. The van der Waals surface area contributed by atoms with E-state index in [1.54, 1.807) is 20.8 Å². The molecule has 1 unspecified atom stereocenters. The number of hydrogen-bond donors (Lipinski definition) is 1. The third kappa shape index (κ3) is 3.66. The highest BCUT2D eigenvalue weighted by molar-refractivity contribution is 6.30. The van der Waals surface area contributed by atoms with Gasteiger partial charge in [-0.05, 0) is 32.9 Å². The fourth-order valence-corrected chi connectivity index (χ4v) is 1.58. The molecule has 1 amide bonds. The maximum atomic E-state index is 13.4. The lowest BCUT2D eigenvalue weighted by molar-refractivity contribution is -0.122. The fourth-order valence-electron chi connectivity index (χ4n) is 1.32.